The smallest absolute Gasteiger partial charge is 0.339 e. The van der Waals surface area contributed by atoms with Gasteiger partial charge < -0.3 is 19.7 Å². The highest BCUT2D eigenvalue weighted by atomic mass is 32.2. The maximum Gasteiger partial charge on any atom is 0.339 e. The van der Waals surface area contributed by atoms with Crippen molar-refractivity contribution < 1.29 is 23.9 Å². The molecule has 2 N–H and O–H groups in total. The molecule has 0 spiro atoms. The molecule has 1 aromatic heterocycles. The van der Waals surface area contributed by atoms with Crippen molar-refractivity contribution in [3.05, 3.63) is 47.4 Å². The first-order valence-electron chi connectivity index (χ1n) is 7.57. The van der Waals surface area contributed by atoms with E-state index in [2.05, 4.69) is 5.32 Å². The average Bonchev–Trinajstić information content (AvgIpc) is 2.97. The predicted octanol–water partition coefficient (Wildman–Crippen LogP) is 2.04. The normalized spacial score (nSPS) is 13.5. The van der Waals surface area contributed by atoms with Gasteiger partial charge in [0.05, 0.1) is 18.0 Å². The molecular weight excluding hydrogens is 344 g/mol. The number of thioether (sulfide) groups is 1. The van der Waals surface area contributed by atoms with Crippen LogP contribution in [-0.2, 0) is 16.1 Å². The van der Waals surface area contributed by atoms with Crippen molar-refractivity contribution in [2.45, 2.75) is 18.4 Å². The highest BCUT2D eigenvalue weighted by molar-refractivity contribution is 8.00. The summed E-state index contributed by atoms with van der Waals surface area (Å²) in [6, 6.07) is 8.81. The Morgan fingerprint density at radius 2 is 2.12 bits per heavy atom. The van der Waals surface area contributed by atoms with E-state index in [1.807, 2.05) is 24.3 Å². The standard InChI is InChI=1S/C17H16N2O5S/c1-10-12(17(22)23)6-11(24-10)7-18-15(20)8-19-13-4-2-3-5-14(13)25-9-16(19)21/h2-6H,7-9H2,1H3,(H,18,20)(H,22,23). The van der Waals surface area contributed by atoms with Crippen LogP contribution in [-0.4, -0.2) is 35.2 Å². The molecule has 1 aliphatic heterocycles. The van der Waals surface area contributed by atoms with Gasteiger partial charge in [-0.25, -0.2) is 4.79 Å². The van der Waals surface area contributed by atoms with Crippen LogP contribution in [0.2, 0.25) is 0 Å². The number of benzene rings is 1. The summed E-state index contributed by atoms with van der Waals surface area (Å²) in [7, 11) is 0. The number of hydrogen-bond acceptors (Lipinski definition) is 5. The van der Waals surface area contributed by atoms with Crippen molar-refractivity contribution in [1.29, 1.82) is 0 Å². The van der Waals surface area contributed by atoms with E-state index in [-0.39, 0.29) is 36.2 Å². The van der Waals surface area contributed by atoms with Crippen LogP contribution < -0.4 is 10.2 Å². The molecule has 0 radical (unpaired) electrons. The van der Waals surface area contributed by atoms with Crippen molar-refractivity contribution in [3.8, 4) is 0 Å². The van der Waals surface area contributed by atoms with E-state index < -0.39 is 5.97 Å². The molecule has 8 heteroatoms. The number of carbonyl (C=O) groups is 3. The number of carboxylic acids is 1. The summed E-state index contributed by atoms with van der Waals surface area (Å²) in [5.41, 5.74) is 0.794. The Hall–Kier alpha value is -2.74. The number of nitrogens with zero attached hydrogens (tertiary/aromatic N) is 1. The summed E-state index contributed by atoms with van der Waals surface area (Å²) in [6.07, 6.45) is 0. The van der Waals surface area contributed by atoms with Gasteiger partial charge in [-0.1, -0.05) is 12.1 Å². The third kappa shape index (κ3) is 3.69. The van der Waals surface area contributed by atoms with Gasteiger partial charge >= 0.3 is 5.97 Å². The van der Waals surface area contributed by atoms with Crippen molar-refractivity contribution in [1.82, 2.24) is 5.32 Å². The molecule has 0 atom stereocenters. The summed E-state index contributed by atoms with van der Waals surface area (Å²) in [4.78, 5) is 37.7. The summed E-state index contributed by atoms with van der Waals surface area (Å²) in [5, 5.41) is 11.7. The number of amides is 2. The zero-order valence-electron chi connectivity index (χ0n) is 13.4. The van der Waals surface area contributed by atoms with Crippen LogP contribution >= 0.6 is 11.8 Å². The number of anilines is 1. The van der Waals surface area contributed by atoms with Crippen LogP contribution in [0.5, 0.6) is 0 Å². The van der Waals surface area contributed by atoms with Gasteiger partial charge in [0.1, 0.15) is 23.6 Å². The second-order valence-corrected chi connectivity index (χ2v) is 6.52. The molecule has 7 nitrogen and oxygen atoms in total. The van der Waals surface area contributed by atoms with Gasteiger partial charge in [-0.2, -0.15) is 0 Å². The van der Waals surface area contributed by atoms with Crippen LogP contribution in [0.15, 0.2) is 39.6 Å². The summed E-state index contributed by atoms with van der Waals surface area (Å²) in [6.45, 7) is 1.52. The Bertz CT molecular complexity index is 845. The van der Waals surface area contributed by atoms with E-state index in [0.29, 0.717) is 11.5 Å². The van der Waals surface area contributed by atoms with E-state index >= 15 is 0 Å². The molecule has 0 saturated heterocycles. The molecule has 3 rings (SSSR count). The Labute approximate surface area is 148 Å². The first-order chi connectivity index (χ1) is 12.0. The molecule has 0 unspecified atom stereocenters. The minimum Gasteiger partial charge on any atom is -0.478 e. The van der Waals surface area contributed by atoms with Gasteiger partial charge in [0.2, 0.25) is 11.8 Å². The average molecular weight is 360 g/mol. The molecule has 0 saturated carbocycles. The molecule has 2 aromatic rings. The van der Waals surface area contributed by atoms with E-state index in [4.69, 9.17) is 9.52 Å². The van der Waals surface area contributed by atoms with E-state index in [1.165, 1.54) is 22.7 Å². The molecule has 1 aromatic carbocycles. The minimum absolute atomic E-state index is 0.0609. The van der Waals surface area contributed by atoms with Crippen LogP contribution in [0.25, 0.3) is 0 Å². The lowest BCUT2D eigenvalue weighted by Crippen LogP contribution is -2.43. The SMILES string of the molecule is Cc1oc(CNC(=O)CN2C(=O)CSc3ccccc32)cc1C(=O)O. The zero-order chi connectivity index (χ0) is 18.0. The number of furan rings is 1. The van der Waals surface area contributed by atoms with E-state index in [1.54, 1.807) is 6.92 Å². The number of carboxylic acid groups (broad SMARTS) is 1. The maximum absolute atomic E-state index is 12.2. The quantitative estimate of drug-likeness (QED) is 0.846. The first-order valence-corrected chi connectivity index (χ1v) is 8.55. The fraction of sp³-hybridized carbons (Fsp3) is 0.235. The van der Waals surface area contributed by atoms with Crippen molar-refractivity contribution in [2.75, 3.05) is 17.2 Å². The third-order valence-corrected chi connectivity index (χ3v) is 4.82. The van der Waals surface area contributed by atoms with Crippen LogP contribution in [0.1, 0.15) is 21.9 Å². The molecule has 25 heavy (non-hydrogen) atoms. The molecule has 2 amide bonds. The molecule has 1 aliphatic rings. The molecule has 0 fully saturated rings. The lowest BCUT2D eigenvalue weighted by Gasteiger charge is -2.28. The van der Waals surface area contributed by atoms with Crippen LogP contribution in [0.4, 0.5) is 5.69 Å². The fourth-order valence-corrected chi connectivity index (χ4v) is 3.49. The van der Waals surface area contributed by atoms with Crippen LogP contribution in [0.3, 0.4) is 0 Å². The number of hydrogen-bond donors (Lipinski definition) is 2. The van der Waals surface area contributed by atoms with Gasteiger partial charge in [-0.3, -0.25) is 9.59 Å². The van der Waals surface area contributed by atoms with E-state index in [0.717, 1.165) is 10.6 Å². The van der Waals surface area contributed by atoms with Crippen molar-refractivity contribution in [3.63, 3.8) is 0 Å². The fourth-order valence-electron chi connectivity index (χ4n) is 2.56. The summed E-state index contributed by atoms with van der Waals surface area (Å²) >= 11 is 1.45. The van der Waals surface area contributed by atoms with Gasteiger partial charge in [0.15, 0.2) is 0 Å². The number of aryl methyl sites for hydroxylation is 1. The third-order valence-electron chi connectivity index (χ3n) is 3.77. The highest BCUT2D eigenvalue weighted by Crippen LogP contribution is 2.34. The number of nitrogens with one attached hydrogen (secondary N) is 1. The van der Waals surface area contributed by atoms with Gasteiger partial charge in [0, 0.05) is 4.90 Å². The summed E-state index contributed by atoms with van der Waals surface area (Å²) < 4.78 is 5.31. The second kappa shape index (κ2) is 7.02. The number of fused-ring (bicyclic) bond motifs is 1. The maximum atomic E-state index is 12.2. The Kier molecular flexibility index (Phi) is 4.80. The number of rotatable bonds is 5. The number of carbonyl (C=O) groups excluding carboxylic acids is 2. The van der Waals surface area contributed by atoms with E-state index in [9.17, 15) is 14.4 Å². The number of aromatic carboxylic acids is 1. The lowest BCUT2D eigenvalue weighted by atomic mass is 10.2. The van der Waals surface area contributed by atoms with Crippen molar-refractivity contribution in [2.24, 2.45) is 0 Å². The van der Waals surface area contributed by atoms with Crippen LogP contribution in [0, 0.1) is 6.92 Å². The monoisotopic (exact) mass is 360 g/mol. The predicted molar refractivity (Wildman–Crippen MR) is 91.8 cm³/mol. The highest BCUT2D eigenvalue weighted by Gasteiger charge is 2.26. The van der Waals surface area contributed by atoms with Gasteiger partial charge in [-0.15, -0.1) is 11.8 Å². The summed E-state index contributed by atoms with van der Waals surface area (Å²) in [5.74, 6) is -0.615. The second-order valence-electron chi connectivity index (χ2n) is 5.50. The Balaban J connectivity index is 1.64. The van der Waals surface area contributed by atoms with Crippen molar-refractivity contribution >= 4 is 35.2 Å². The molecule has 0 bridgehead atoms. The largest absolute Gasteiger partial charge is 0.478 e. The molecule has 130 valence electrons. The molecule has 2 heterocycles. The Morgan fingerprint density at radius 3 is 2.84 bits per heavy atom. The minimum atomic E-state index is -1.08. The number of para-hydroxylation sites is 1. The topological polar surface area (TPSA) is 99.9 Å². The molecule has 0 aliphatic carbocycles. The first kappa shape index (κ1) is 17.1. The zero-order valence-corrected chi connectivity index (χ0v) is 14.3. The lowest BCUT2D eigenvalue weighted by molar-refractivity contribution is -0.123. The molecular formula is C17H16N2O5S. The Morgan fingerprint density at radius 1 is 1.36 bits per heavy atom. The van der Waals surface area contributed by atoms with Gasteiger partial charge in [0.25, 0.3) is 0 Å². The van der Waals surface area contributed by atoms with Gasteiger partial charge in [-0.05, 0) is 25.1 Å².